The highest BCUT2D eigenvalue weighted by atomic mass is 127. The molecule has 0 aliphatic rings. The predicted molar refractivity (Wildman–Crippen MR) is 75.3 cm³/mol. The molecule has 1 aromatic heterocycles. The van der Waals surface area contributed by atoms with Gasteiger partial charge in [0.1, 0.15) is 5.69 Å². The van der Waals surface area contributed by atoms with Gasteiger partial charge in [0.05, 0.1) is 5.69 Å². The fraction of sp³-hybridized carbons (Fsp3) is 0.154. The third kappa shape index (κ3) is 3.44. The SMILES string of the molecule is NCc1cc(-c2cccc(I)c2)nc(C(F)(F)F)c1. The number of hydrogen-bond acceptors (Lipinski definition) is 2. The lowest BCUT2D eigenvalue weighted by Crippen LogP contribution is -2.10. The average molecular weight is 378 g/mol. The van der Waals surface area contributed by atoms with Crippen molar-refractivity contribution in [3.05, 3.63) is 51.2 Å². The second-order valence-corrected chi connectivity index (χ2v) is 5.20. The second-order valence-electron chi connectivity index (χ2n) is 3.96. The summed E-state index contributed by atoms with van der Waals surface area (Å²) in [5.41, 5.74) is 5.87. The minimum atomic E-state index is -4.47. The highest BCUT2D eigenvalue weighted by molar-refractivity contribution is 14.1. The Morgan fingerprint density at radius 2 is 1.89 bits per heavy atom. The Morgan fingerprint density at radius 3 is 2.47 bits per heavy atom. The molecule has 0 spiro atoms. The van der Waals surface area contributed by atoms with Crippen LogP contribution in [0.3, 0.4) is 0 Å². The molecule has 0 aliphatic heterocycles. The van der Waals surface area contributed by atoms with Crippen LogP contribution in [-0.4, -0.2) is 4.98 Å². The zero-order chi connectivity index (χ0) is 14.0. The number of hydrogen-bond donors (Lipinski definition) is 1. The van der Waals surface area contributed by atoms with E-state index in [9.17, 15) is 13.2 Å². The lowest BCUT2D eigenvalue weighted by molar-refractivity contribution is -0.141. The molecule has 0 fully saturated rings. The van der Waals surface area contributed by atoms with Crippen LogP contribution in [0.1, 0.15) is 11.3 Å². The Bertz CT molecular complexity index is 597. The minimum absolute atomic E-state index is 0.0442. The minimum Gasteiger partial charge on any atom is -0.326 e. The Morgan fingerprint density at radius 1 is 1.16 bits per heavy atom. The first-order chi connectivity index (χ1) is 8.90. The molecule has 0 saturated heterocycles. The summed E-state index contributed by atoms with van der Waals surface area (Å²) in [7, 11) is 0. The molecule has 0 bridgehead atoms. The Labute approximate surface area is 122 Å². The Hall–Kier alpha value is -1.15. The molecular weight excluding hydrogens is 368 g/mol. The van der Waals surface area contributed by atoms with Gasteiger partial charge in [-0.3, -0.25) is 0 Å². The molecule has 0 saturated carbocycles. The monoisotopic (exact) mass is 378 g/mol. The summed E-state index contributed by atoms with van der Waals surface area (Å²) in [4.78, 5) is 3.68. The van der Waals surface area contributed by atoms with E-state index in [-0.39, 0.29) is 12.2 Å². The zero-order valence-corrected chi connectivity index (χ0v) is 11.9. The molecule has 1 aromatic carbocycles. The van der Waals surface area contributed by atoms with Gasteiger partial charge in [-0.15, -0.1) is 0 Å². The third-order valence-corrected chi connectivity index (χ3v) is 3.20. The second kappa shape index (κ2) is 5.46. The van der Waals surface area contributed by atoms with Crippen molar-refractivity contribution in [2.45, 2.75) is 12.7 Å². The van der Waals surface area contributed by atoms with Crippen molar-refractivity contribution in [3.8, 4) is 11.3 Å². The van der Waals surface area contributed by atoms with Gasteiger partial charge in [-0.1, -0.05) is 12.1 Å². The van der Waals surface area contributed by atoms with Crippen LogP contribution < -0.4 is 5.73 Å². The van der Waals surface area contributed by atoms with Gasteiger partial charge in [-0.25, -0.2) is 4.98 Å². The van der Waals surface area contributed by atoms with Gasteiger partial charge < -0.3 is 5.73 Å². The number of pyridine rings is 1. The maximum absolute atomic E-state index is 12.8. The number of benzene rings is 1. The largest absolute Gasteiger partial charge is 0.433 e. The van der Waals surface area contributed by atoms with Crippen molar-refractivity contribution >= 4 is 22.6 Å². The van der Waals surface area contributed by atoms with E-state index in [1.807, 2.05) is 6.07 Å². The number of nitrogens with zero attached hydrogens (tertiary/aromatic N) is 1. The zero-order valence-electron chi connectivity index (χ0n) is 9.71. The highest BCUT2D eigenvalue weighted by Gasteiger charge is 2.33. The van der Waals surface area contributed by atoms with Crippen LogP contribution in [0.2, 0.25) is 0 Å². The van der Waals surface area contributed by atoms with Crippen molar-refractivity contribution in [3.63, 3.8) is 0 Å². The van der Waals surface area contributed by atoms with Gasteiger partial charge in [0.2, 0.25) is 0 Å². The topological polar surface area (TPSA) is 38.9 Å². The smallest absolute Gasteiger partial charge is 0.326 e. The number of nitrogens with two attached hydrogens (primary N) is 1. The van der Waals surface area contributed by atoms with Crippen LogP contribution in [0.15, 0.2) is 36.4 Å². The molecule has 0 radical (unpaired) electrons. The normalized spacial score (nSPS) is 11.6. The van der Waals surface area contributed by atoms with Gasteiger partial charge in [0.25, 0.3) is 0 Å². The van der Waals surface area contributed by atoms with Gasteiger partial charge >= 0.3 is 6.18 Å². The van der Waals surface area contributed by atoms with Crippen molar-refractivity contribution in [2.24, 2.45) is 5.73 Å². The summed E-state index contributed by atoms with van der Waals surface area (Å²) in [5.74, 6) is 0. The molecular formula is C13H10F3IN2. The van der Waals surface area contributed by atoms with Crippen LogP contribution in [0, 0.1) is 3.57 Å². The molecule has 2 nitrogen and oxygen atoms in total. The van der Waals surface area contributed by atoms with E-state index in [2.05, 4.69) is 27.6 Å². The lowest BCUT2D eigenvalue weighted by atomic mass is 10.1. The van der Waals surface area contributed by atoms with E-state index in [4.69, 9.17) is 5.73 Å². The van der Waals surface area contributed by atoms with Gasteiger partial charge in [-0.05, 0) is 52.4 Å². The molecule has 0 unspecified atom stereocenters. The summed E-state index contributed by atoms with van der Waals surface area (Å²) in [6.45, 7) is 0.0442. The van der Waals surface area contributed by atoms with Gasteiger partial charge in [0, 0.05) is 15.7 Å². The van der Waals surface area contributed by atoms with Crippen molar-refractivity contribution < 1.29 is 13.2 Å². The van der Waals surface area contributed by atoms with Crippen LogP contribution >= 0.6 is 22.6 Å². The first-order valence-electron chi connectivity index (χ1n) is 5.44. The van der Waals surface area contributed by atoms with Crippen LogP contribution in [-0.2, 0) is 12.7 Å². The summed E-state index contributed by atoms with van der Waals surface area (Å²) >= 11 is 2.10. The molecule has 2 rings (SSSR count). The first-order valence-corrected chi connectivity index (χ1v) is 6.52. The van der Waals surface area contributed by atoms with E-state index < -0.39 is 11.9 Å². The van der Waals surface area contributed by atoms with Crippen LogP contribution in [0.5, 0.6) is 0 Å². The maximum atomic E-state index is 12.8. The van der Waals surface area contributed by atoms with E-state index in [1.165, 1.54) is 0 Å². The van der Waals surface area contributed by atoms with Crippen molar-refractivity contribution in [1.29, 1.82) is 0 Å². The molecule has 19 heavy (non-hydrogen) atoms. The van der Waals surface area contributed by atoms with E-state index in [0.717, 1.165) is 9.64 Å². The first kappa shape index (κ1) is 14.3. The summed E-state index contributed by atoms with van der Waals surface area (Å²) in [5, 5.41) is 0. The lowest BCUT2D eigenvalue weighted by Gasteiger charge is -2.10. The van der Waals surface area contributed by atoms with Gasteiger partial charge in [0.15, 0.2) is 0 Å². The summed E-state index contributed by atoms with van der Waals surface area (Å²) in [6.07, 6.45) is -4.47. The van der Waals surface area contributed by atoms with Crippen molar-refractivity contribution in [2.75, 3.05) is 0 Å². The number of halogens is 4. The maximum Gasteiger partial charge on any atom is 0.433 e. The summed E-state index contributed by atoms with van der Waals surface area (Å²) < 4.78 is 39.3. The van der Waals surface area contributed by atoms with Crippen LogP contribution in [0.4, 0.5) is 13.2 Å². The molecule has 6 heteroatoms. The molecule has 0 amide bonds. The molecule has 2 aromatic rings. The van der Waals surface area contributed by atoms with Crippen molar-refractivity contribution in [1.82, 2.24) is 4.98 Å². The summed E-state index contributed by atoms with van der Waals surface area (Å²) in [6, 6.07) is 9.72. The Balaban J connectivity index is 2.57. The fourth-order valence-electron chi connectivity index (χ4n) is 1.65. The van der Waals surface area contributed by atoms with Crippen LogP contribution in [0.25, 0.3) is 11.3 Å². The predicted octanol–water partition coefficient (Wildman–Crippen LogP) is 3.83. The molecule has 0 aliphatic carbocycles. The average Bonchev–Trinajstić information content (AvgIpc) is 2.37. The molecule has 0 atom stereocenters. The molecule has 100 valence electrons. The van der Waals surface area contributed by atoms with E-state index in [1.54, 1.807) is 24.3 Å². The molecule has 1 heterocycles. The quantitative estimate of drug-likeness (QED) is 0.807. The Kier molecular flexibility index (Phi) is 4.10. The van der Waals surface area contributed by atoms with Gasteiger partial charge in [-0.2, -0.15) is 13.2 Å². The number of rotatable bonds is 2. The van der Waals surface area contributed by atoms with E-state index >= 15 is 0 Å². The fourth-order valence-corrected chi connectivity index (χ4v) is 2.19. The number of alkyl halides is 3. The highest BCUT2D eigenvalue weighted by Crippen LogP contribution is 2.31. The van der Waals surface area contributed by atoms with E-state index in [0.29, 0.717) is 11.1 Å². The number of aromatic nitrogens is 1. The third-order valence-electron chi connectivity index (χ3n) is 2.53. The standard InChI is InChI=1S/C13H10F3IN2/c14-13(15,16)12-5-8(7-18)4-11(19-12)9-2-1-3-10(17)6-9/h1-6H,7,18H2. The molecule has 2 N–H and O–H groups in total.